The molecule has 0 saturated heterocycles. The van der Waals surface area contributed by atoms with E-state index in [4.69, 9.17) is 5.11 Å². The van der Waals surface area contributed by atoms with Crippen LogP contribution < -0.4 is 0 Å². The molecule has 21 heavy (non-hydrogen) atoms. The first-order valence-electron chi connectivity index (χ1n) is 6.11. The van der Waals surface area contributed by atoms with Crippen LogP contribution >= 0.6 is 22.7 Å². The zero-order valence-electron chi connectivity index (χ0n) is 11.7. The number of aryl methyl sites for hydroxylation is 1. The lowest BCUT2D eigenvalue weighted by Gasteiger charge is -2.22. The van der Waals surface area contributed by atoms with Crippen molar-refractivity contribution in [3.63, 3.8) is 0 Å². The molecule has 8 heteroatoms. The van der Waals surface area contributed by atoms with E-state index in [2.05, 4.69) is 0 Å². The summed E-state index contributed by atoms with van der Waals surface area (Å²) in [5, 5.41) is 8.90. The van der Waals surface area contributed by atoms with E-state index in [1.807, 2.05) is 26.0 Å². The third-order valence-electron chi connectivity index (χ3n) is 3.14. The summed E-state index contributed by atoms with van der Waals surface area (Å²) in [4.78, 5) is 13.0. The molecule has 2 heterocycles. The van der Waals surface area contributed by atoms with Crippen molar-refractivity contribution in [1.29, 1.82) is 0 Å². The average molecular weight is 345 g/mol. The summed E-state index contributed by atoms with van der Waals surface area (Å²) in [5.41, 5.74) is 0. The van der Waals surface area contributed by atoms with Crippen LogP contribution in [0.5, 0.6) is 0 Å². The third kappa shape index (κ3) is 3.18. The summed E-state index contributed by atoms with van der Waals surface area (Å²) in [7, 11) is -2.19. The van der Waals surface area contributed by atoms with Crippen LogP contribution in [0.15, 0.2) is 28.5 Å². The maximum Gasteiger partial charge on any atom is 0.345 e. The highest BCUT2D eigenvalue weighted by Crippen LogP contribution is 2.32. The number of aromatic carboxylic acids is 1. The van der Waals surface area contributed by atoms with E-state index in [1.165, 1.54) is 23.5 Å². The Kier molecular flexibility index (Phi) is 4.52. The molecule has 0 aromatic carbocycles. The molecule has 5 nitrogen and oxygen atoms in total. The Balaban J connectivity index is 2.31. The van der Waals surface area contributed by atoms with Crippen molar-refractivity contribution in [3.05, 3.63) is 38.9 Å². The van der Waals surface area contributed by atoms with Gasteiger partial charge in [0, 0.05) is 16.8 Å². The Morgan fingerprint density at radius 2 is 1.90 bits per heavy atom. The number of thiophene rings is 2. The summed E-state index contributed by atoms with van der Waals surface area (Å²) in [6.45, 7) is 3.78. The van der Waals surface area contributed by atoms with E-state index in [0.717, 1.165) is 21.1 Å². The summed E-state index contributed by atoms with van der Waals surface area (Å²) < 4.78 is 26.4. The van der Waals surface area contributed by atoms with Gasteiger partial charge in [-0.2, -0.15) is 4.31 Å². The zero-order chi connectivity index (χ0) is 15.8. The van der Waals surface area contributed by atoms with Crippen molar-refractivity contribution in [2.24, 2.45) is 0 Å². The van der Waals surface area contributed by atoms with Crippen LogP contribution in [0.2, 0.25) is 0 Å². The smallest absolute Gasteiger partial charge is 0.345 e. The van der Waals surface area contributed by atoms with Crippen LogP contribution in [0.4, 0.5) is 0 Å². The molecule has 1 N–H and O–H groups in total. The van der Waals surface area contributed by atoms with Gasteiger partial charge < -0.3 is 5.11 Å². The first-order valence-corrected chi connectivity index (χ1v) is 9.18. The van der Waals surface area contributed by atoms with Crippen LogP contribution in [0.25, 0.3) is 0 Å². The van der Waals surface area contributed by atoms with E-state index in [-0.39, 0.29) is 15.1 Å². The number of carbonyl (C=O) groups is 1. The SMILES string of the molecule is Cc1ccc(C(C)N(C)S(=O)(=O)c2ccc(C(=O)O)s2)s1. The van der Waals surface area contributed by atoms with Gasteiger partial charge in [-0.3, -0.25) is 0 Å². The lowest BCUT2D eigenvalue weighted by Crippen LogP contribution is -2.28. The first-order chi connectivity index (χ1) is 9.73. The fourth-order valence-corrected chi connectivity index (χ4v) is 5.49. The number of carboxylic acids is 1. The predicted molar refractivity (Wildman–Crippen MR) is 83.7 cm³/mol. The van der Waals surface area contributed by atoms with Gasteiger partial charge in [0.25, 0.3) is 10.0 Å². The maximum absolute atomic E-state index is 12.5. The van der Waals surface area contributed by atoms with Crippen molar-refractivity contribution >= 4 is 38.7 Å². The topological polar surface area (TPSA) is 74.7 Å². The van der Waals surface area contributed by atoms with Crippen molar-refractivity contribution in [3.8, 4) is 0 Å². The van der Waals surface area contributed by atoms with Crippen LogP contribution in [0.1, 0.15) is 32.4 Å². The number of hydrogen-bond donors (Lipinski definition) is 1. The van der Waals surface area contributed by atoms with E-state index in [0.29, 0.717) is 0 Å². The van der Waals surface area contributed by atoms with Gasteiger partial charge in [-0.25, -0.2) is 13.2 Å². The van der Waals surface area contributed by atoms with Crippen molar-refractivity contribution < 1.29 is 18.3 Å². The first kappa shape index (κ1) is 16.2. The van der Waals surface area contributed by atoms with Crippen LogP contribution in [-0.2, 0) is 10.0 Å². The number of sulfonamides is 1. The van der Waals surface area contributed by atoms with Gasteiger partial charge in [-0.15, -0.1) is 22.7 Å². The second-order valence-corrected chi connectivity index (χ2v) is 9.20. The number of hydrogen-bond acceptors (Lipinski definition) is 5. The van der Waals surface area contributed by atoms with Gasteiger partial charge in [0.1, 0.15) is 9.09 Å². The summed E-state index contributed by atoms with van der Waals surface area (Å²) >= 11 is 2.32. The molecule has 1 unspecified atom stereocenters. The van der Waals surface area contributed by atoms with Gasteiger partial charge in [0.2, 0.25) is 0 Å². The highest BCUT2D eigenvalue weighted by atomic mass is 32.2. The van der Waals surface area contributed by atoms with Gasteiger partial charge in [0.15, 0.2) is 0 Å². The Morgan fingerprint density at radius 3 is 2.38 bits per heavy atom. The molecular weight excluding hydrogens is 330 g/mol. The molecule has 2 rings (SSSR count). The van der Waals surface area contributed by atoms with Crippen molar-refractivity contribution in [1.82, 2.24) is 4.31 Å². The highest BCUT2D eigenvalue weighted by Gasteiger charge is 2.29. The average Bonchev–Trinajstić information content (AvgIpc) is 3.05. The van der Waals surface area contributed by atoms with E-state index in [1.54, 1.807) is 11.3 Å². The standard InChI is InChI=1S/C13H15NO4S3/c1-8-4-5-10(19-8)9(2)14(3)21(17,18)12-7-6-11(20-12)13(15)16/h4-7,9H,1-3H3,(H,15,16). The van der Waals surface area contributed by atoms with Gasteiger partial charge in [-0.1, -0.05) is 0 Å². The summed E-state index contributed by atoms with van der Waals surface area (Å²) in [6, 6.07) is 6.21. The molecule has 2 aromatic heterocycles. The number of rotatable bonds is 5. The molecule has 0 radical (unpaired) electrons. The minimum absolute atomic E-state index is 0.0154. The minimum atomic E-state index is -3.69. The summed E-state index contributed by atoms with van der Waals surface area (Å²) in [6.07, 6.45) is 0. The monoisotopic (exact) mass is 345 g/mol. The fourth-order valence-electron chi connectivity index (χ4n) is 1.78. The third-order valence-corrected chi connectivity index (χ3v) is 7.78. The molecule has 0 aliphatic carbocycles. The predicted octanol–water partition coefficient (Wildman–Crippen LogP) is 3.20. The Labute approximate surface area is 131 Å². The lowest BCUT2D eigenvalue weighted by atomic mass is 10.3. The minimum Gasteiger partial charge on any atom is -0.477 e. The number of carboxylic acid groups (broad SMARTS) is 1. The van der Waals surface area contributed by atoms with E-state index < -0.39 is 16.0 Å². The zero-order valence-corrected chi connectivity index (χ0v) is 14.2. The second-order valence-electron chi connectivity index (χ2n) is 4.57. The molecule has 0 amide bonds. The molecular formula is C13H15NO4S3. The summed E-state index contributed by atoms with van der Waals surface area (Å²) in [5.74, 6) is -1.12. The Hall–Kier alpha value is -1.22. The fraction of sp³-hybridized carbons (Fsp3) is 0.308. The maximum atomic E-state index is 12.5. The van der Waals surface area contributed by atoms with Crippen LogP contribution in [0, 0.1) is 6.92 Å². The largest absolute Gasteiger partial charge is 0.477 e. The molecule has 0 aliphatic heterocycles. The second kappa shape index (κ2) is 5.88. The normalized spacial score (nSPS) is 13.5. The Morgan fingerprint density at radius 1 is 1.24 bits per heavy atom. The molecule has 0 fully saturated rings. The van der Waals surface area contributed by atoms with Gasteiger partial charge >= 0.3 is 5.97 Å². The van der Waals surface area contributed by atoms with Crippen LogP contribution in [-0.4, -0.2) is 30.8 Å². The van der Waals surface area contributed by atoms with Crippen molar-refractivity contribution in [2.45, 2.75) is 24.1 Å². The highest BCUT2D eigenvalue weighted by molar-refractivity contribution is 7.91. The quantitative estimate of drug-likeness (QED) is 0.903. The molecule has 2 aromatic rings. The van der Waals surface area contributed by atoms with Gasteiger partial charge in [0.05, 0.1) is 6.04 Å². The molecule has 114 valence electrons. The van der Waals surface area contributed by atoms with E-state index >= 15 is 0 Å². The molecule has 1 atom stereocenters. The lowest BCUT2D eigenvalue weighted by molar-refractivity contribution is 0.0702. The number of nitrogens with zero attached hydrogens (tertiary/aromatic N) is 1. The van der Waals surface area contributed by atoms with Crippen molar-refractivity contribution in [2.75, 3.05) is 7.05 Å². The van der Waals surface area contributed by atoms with Crippen LogP contribution in [0.3, 0.4) is 0 Å². The van der Waals surface area contributed by atoms with Gasteiger partial charge in [-0.05, 0) is 38.1 Å². The molecule has 0 bridgehead atoms. The molecule has 0 spiro atoms. The molecule has 0 saturated carbocycles. The van der Waals surface area contributed by atoms with E-state index in [9.17, 15) is 13.2 Å². The molecule has 0 aliphatic rings. The Bertz CT molecular complexity index is 760.